The van der Waals surface area contributed by atoms with E-state index in [1.165, 1.54) is 20.3 Å². The van der Waals surface area contributed by atoms with Gasteiger partial charge in [-0.1, -0.05) is 35.9 Å². The van der Waals surface area contributed by atoms with Crippen molar-refractivity contribution in [3.05, 3.63) is 63.7 Å². The summed E-state index contributed by atoms with van der Waals surface area (Å²) in [6.07, 6.45) is 1.49. The second-order valence-corrected chi connectivity index (χ2v) is 5.46. The van der Waals surface area contributed by atoms with Crippen LogP contribution in [0.2, 0.25) is 5.02 Å². The van der Waals surface area contributed by atoms with Crippen molar-refractivity contribution in [3.8, 4) is 17.6 Å². The van der Waals surface area contributed by atoms with Gasteiger partial charge in [0.05, 0.1) is 19.2 Å². The molecule has 0 N–H and O–H groups in total. The van der Waals surface area contributed by atoms with Gasteiger partial charge in [0.25, 0.3) is 0 Å². The van der Waals surface area contributed by atoms with E-state index in [1.54, 1.807) is 24.3 Å². The molecule has 0 radical (unpaired) electrons. The molecular formula is C19H16ClNO3. The Kier molecular flexibility index (Phi) is 5.62. The molecule has 0 unspecified atom stereocenters. The predicted molar refractivity (Wildman–Crippen MR) is 93.7 cm³/mol. The summed E-state index contributed by atoms with van der Waals surface area (Å²) in [4.78, 5) is 12.6. The molecule has 0 aliphatic carbocycles. The van der Waals surface area contributed by atoms with Gasteiger partial charge in [-0.3, -0.25) is 4.79 Å². The van der Waals surface area contributed by atoms with Crippen molar-refractivity contribution in [2.75, 3.05) is 14.2 Å². The number of nitriles is 1. The molecule has 4 nitrogen and oxygen atoms in total. The molecule has 0 saturated carbocycles. The highest BCUT2D eigenvalue weighted by Gasteiger charge is 2.16. The first kappa shape index (κ1) is 17.6. The van der Waals surface area contributed by atoms with Gasteiger partial charge in [-0.15, -0.1) is 0 Å². The minimum Gasteiger partial charge on any atom is -0.493 e. The van der Waals surface area contributed by atoms with Crippen LogP contribution in [0.3, 0.4) is 0 Å². The summed E-state index contributed by atoms with van der Waals surface area (Å²) in [6, 6.07) is 12.4. The first-order valence-electron chi connectivity index (χ1n) is 7.15. The lowest BCUT2D eigenvalue weighted by Crippen LogP contribution is -2.04. The number of halogens is 1. The summed E-state index contributed by atoms with van der Waals surface area (Å²) in [5, 5.41) is 9.72. The third-order valence-corrected chi connectivity index (χ3v) is 3.80. The van der Waals surface area contributed by atoms with Gasteiger partial charge in [-0.25, -0.2) is 0 Å². The highest BCUT2D eigenvalue weighted by Crippen LogP contribution is 2.36. The van der Waals surface area contributed by atoms with Crippen LogP contribution in [-0.2, 0) is 0 Å². The molecule has 5 heteroatoms. The second-order valence-electron chi connectivity index (χ2n) is 5.05. The molecule has 0 amide bonds. The number of methoxy groups -OCH3 is 2. The number of ether oxygens (including phenoxy) is 2. The van der Waals surface area contributed by atoms with Gasteiger partial charge in [0.1, 0.15) is 11.6 Å². The minimum absolute atomic E-state index is 0.0209. The highest BCUT2D eigenvalue weighted by atomic mass is 35.5. The normalized spacial score (nSPS) is 10.9. The zero-order valence-corrected chi connectivity index (χ0v) is 14.3. The largest absolute Gasteiger partial charge is 0.493 e. The zero-order chi connectivity index (χ0) is 17.7. The van der Waals surface area contributed by atoms with Crippen molar-refractivity contribution in [3.63, 3.8) is 0 Å². The Morgan fingerprint density at radius 2 is 1.92 bits per heavy atom. The van der Waals surface area contributed by atoms with Gasteiger partial charge in [-0.2, -0.15) is 5.26 Å². The fourth-order valence-corrected chi connectivity index (χ4v) is 2.61. The number of carbonyl (C=O) groups excluding carboxylic acids is 1. The van der Waals surface area contributed by atoms with Crippen LogP contribution in [0.25, 0.3) is 6.08 Å². The Labute approximate surface area is 145 Å². The maximum atomic E-state index is 12.6. The molecule has 0 spiro atoms. The maximum absolute atomic E-state index is 12.6. The zero-order valence-electron chi connectivity index (χ0n) is 13.6. The van der Waals surface area contributed by atoms with Crippen molar-refractivity contribution >= 4 is 23.5 Å². The Hall–Kier alpha value is -2.77. The number of nitrogens with zero attached hydrogens (tertiary/aromatic N) is 1. The van der Waals surface area contributed by atoms with E-state index < -0.39 is 0 Å². The molecule has 2 rings (SSSR count). The Balaban J connectivity index is 2.49. The molecule has 0 heterocycles. The SMILES string of the molecule is COc1cc(/C=C(\C#N)C(=O)c2ccccc2C)cc(Cl)c1OC. The minimum atomic E-state index is -0.332. The second kappa shape index (κ2) is 7.67. The van der Waals surface area contributed by atoms with E-state index in [-0.39, 0.29) is 11.4 Å². The van der Waals surface area contributed by atoms with Crippen LogP contribution in [0.1, 0.15) is 21.5 Å². The van der Waals surface area contributed by atoms with Crippen LogP contribution < -0.4 is 9.47 Å². The van der Waals surface area contributed by atoms with Gasteiger partial charge >= 0.3 is 0 Å². The van der Waals surface area contributed by atoms with Crippen molar-refractivity contribution in [2.24, 2.45) is 0 Å². The molecule has 0 fully saturated rings. The number of hydrogen-bond acceptors (Lipinski definition) is 4. The van der Waals surface area contributed by atoms with Crippen molar-refractivity contribution < 1.29 is 14.3 Å². The quantitative estimate of drug-likeness (QED) is 0.458. The van der Waals surface area contributed by atoms with Crippen LogP contribution >= 0.6 is 11.6 Å². The smallest absolute Gasteiger partial charge is 0.203 e. The molecule has 0 saturated heterocycles. The van der Waals surface area contributed by atoms with Gasteiger partial charge in [0, 0.05) is 5.56 Å². The number of allylic oxidation sites excluding steroid dienone is 1. The molecule has 24 heavy (non-hydrogen) atoms. The van der Waals surface area contributed by atoms with E-state index in [9.17, 15) is 10.1 Å². The van der Waals surface area contributed by atoms with E-state index in [1.807, 2.05) is 25.1 Å². The number of aryl methyl sites for hydroxylation is 1. The lowest BCUT2D eigenvalue weighted by atomic mass is 9.98. The highest BCUT2D eigenvalue weighted by molar-refractivity contribution is 6.32. The lowest BCUT2D eigenvalue weighted by molar-refractivity contribution is 0.103. The first-order chi connectivity index (χ1) is 11.5. The predicted octanol–water partition coefficient (Wildman–Crippen LogP) is 4.46. The van der Waals surface area contributed by atoms with Gasteiger partial charge in [0.2, 0.25) is 5.78 Å². The number of Topliss-reactive ketones (excluding diaryl/α,β-unsaturated/α-hetero) is 1. The van der Waals surface area contributed by atoms with Crippen LogP contribution in [-0.4, -0.2) is 20.0 Å². The lowest BCUT2D eigenvalue weighted by Gasteiger charge is -2.10. The summed E-state index contributed by atoms with van der Waals surface area (Å²) in [7, 11) is 2.98. The third kappa shape index (κ3) is 3.58. The summed E-state index contributed by atoms with van der Waals surface area (Å²) in [5.74, 6) is 0.499. The standard InChI is InChI=1S/C19H16ClNO3/c1-12-6-4-5-7-15(12)18(22)14(11-21)8-13-9-16(20)19(24-3)17(10-13)23-2/h4-10H,1-3H3/b14-8+. The van der Waals surface area contributed by atoms with E-state index in [0.717, 1.165) is 5.56 Å². The van der Waals surface area contributed by atoms with Crippen molar-refractivity contribution in [1.82, 2.24) is 0 Å². The third-order valence-electron chi connectivity index (χ3n) is 3.52. The summed E-state index contributed by atoms with van der Waals surface area (Å²) in [5.41, 5.74) is 1.91. The Morgan fingerprint density at radius 3 is 2.50 bits per heavy atom. The Bertz CT molecular complexity index is 850. The summed E-state index contributed by atoms with van der Waals surface area (Å²) in [6.45, 7) is 1.83. The van der Waals surface area contributed by atoms with Crippen LogP contribution in [0.5, 0.6) is 11.5 Å². The molecule has 0 aliphatic heterocycles. The van der Waals surface area contributed by atoms with E-state index in [4.69, 9.17) is 21.1 Å². The summed E-state index contributed by atoms with van der Waals surface area (Å²) >= 11 is 6.16. The van der Waals surface area contributed by atoms with Crippen molar-refractivity contribution in [2.45, 2.75) is 6.92 Å². The van der Waals surface area contributed by atoms with Gasteiger partial charge in [-0.05, 0) is 36.3 Å². The molecule has 122 valence electrons. The molecular weight excluding hydrogens is 326 g/mol. The van der Waals surface area contributed by atoms with Gasteiger partial charge in [0.15, 0.2) is 11.5 Å². The molecule has 0 bridgehead atoms. The summed E-state index contributed by atoms with van der Waals surface area (Å²) < 4.78 is 10.4. The number of carbonyl (C=O) groups is 1. The molecule has 0 atom stereocenters. The van der Waals surface area contributed by atoms with Crippen LogP contribution in [0, 0.1) is 18.3 Å². The maximum Gasteiger partial charge on any atom is 0.203 e. The van der Waals surface area contributed by atoms with E-state index >= 15 is 0 Å². The fraction of sp³-hybridized carbons (Fsp3) is 0.158. The number of rotatable bonds is 5. The van der Waals surface area contributed by atoms with E-state index in [0.29, 0.717) is 27.6 Å². The average molecular weight is 342 g/mol. The fourth-order valence-electron chi connectivity index (χ4n) is 2.31. The number of ketones is 1. The van der Waals surface area contributed by atoms with Crippen LogP contribution in [0.15, 0.2) is 42.0 Å². The number of benzene rings is 2. The van der Waals surface area contributed by atoms with Gasteiger partial charge < -0.3 is 9.47 Å². The first-order valence-corrected chi connectivity index (χ1v) is 7.53. The van der Waals surface area contributed by atoms with Crippen LogP contribution in [0.4, 0.5) is 0 Å². The molecule has 0 aromatic heterocycles. The molecule has 2 aromatic carbocycles. The van der Waals surface area contributed by atoms with E-state index in [2.05, 4.69) is 0 Å². The molecule has 2 aromatic rings. The average Bonchev–Trinajstić information content (AvgIpc) is 2.59. The van der Waals surface area contributed by atoms with Crippen molar-refractivity contribution in [1.29, 1.82) is 5.26 Å². The Morgan fingerprint density at radius 1 is 1.21 bits per heavy atom. The monoisotopic (exact) mass is 341 g/mol. The number of hydrogen-bond donors (Lipinski definition) is 0. The topological polar surface area (TPSA) is 59.3 Å². The molecule has 0 aliphatic rings.